The first kappa shape index (κ1) is 23.2. The highest BCUT2D eigenvalue weighted by molar-refractivity contribution is 5.99. The first-order valence-corrected chi connectivity index (χ1v) is 11.5. The van der Waals surface area contributed by atoms with Gasteiger partial charge < -0.3 is 20.9 Å². The van der Waals surface area contributed by atoms with E-state index in [1.54, 1.807) is 18.0 Å². The number of pyridine rings is 1. The Morgan fingerprint density at radius 1 is 1.15 bits per heavy atom. The average Bonchev–Trinajstić information content (AvgIpc) is 3.36. The van der Waals surface area contributed by atoms with Crippen molar-refractivity contribution in [3.8, 4) is 0 Å². The molecule has 3 amide bonds. The molecule has 1 saturated heterocycles. The Kier molecular flexibility index (Phi) is 7.06. The minimum atomic E-state index is -0.540. The average molecular weight is 460 g/mol. The molecule has 1 fully saturated rings. The number of carbonyl (C=O) groups is 3. The Hall–Kier alpha value is -3.94. The Morgan fingerprint density at radius 2 is 1.94 bits per heavy atom. The predicted molar refractivity (Wildman–Crippen MR) is 132 cm³/mol. The molecule has 3 N–H and O–H groups in total. The number of fused-ring (bicyclic) bond motifs is 1. The third kappa shape index (κ3) is 5.01. The third-order valence-electron chi connectivity index (χ3n) is 6.17. The lowest BCUT2D eigenvalue weighted by atomic mass is 10.1. The second-order valence-electron chi connectivity index (χ2n) is 8.38. The summed E-state index contributed by atoms with van der Waals surface area (Å²) < 4.78 is 0. The van der Waals surface area contributed by atoms with E-state index in [2.05, 4.69) is 10.3 Å². The maximum atomic E-state index is 13.2. The fourth-order valence-corrected chi connectivity index (χ4v) is 4.35. The molecule has 4 rings (SSSR count). The topological polar surface area (TPSA) is 109 Å². The van der Waals surface area contributed by atoms with Crippen LogP contribution in [-0.2, 0) is 20.9 Å². The fraction of sp³-hybridized carbons (Fsp3) is 0.308. The number of hydrogen-bond donors (Lipinski definition) is 2. The van der Waals surface area contributed by atoms with Crippen LogP contribution in [0.15, 0.2) is 60.8 Å². The third-order valence-corrected chi connectivity index (χ3v) is 6.17. The molecular formula is C26H29N5O3. The number of rotatable bonds is 7. The van der Waals surface area contributed by atoms with Crippen LogP contribution in [-0.4, -0.2) is 46.7 Å². The SMILES string of the molecule is CCC(=O)N(CC(=O)N1CCC[C@H]1C(=O)NCc1ccc2c(N)nccc2c1)c1ccccc1. The number of para-hydroxylation sites is 1. The van der Waals surface area contributed by atoms with Crippen molar-refractivity contribution in [3.05, 3.63) is 66.4 Å². The zero-order chi connectivity index (χ0) is 24.1. The standard InChI is InChI=1S/C26H29N5O3/c1-2-23(32)31(20-7-4-3-5-8-20)17-24(33)30-14-6-9-22(30)26(34)29-16-18-10-11-21-19(15-18)12-13-28-25(21)27/h3-5,7-8,10-13,15,22H,2,6,9,14,16-17H2,1H3,(H2,27,28)(H,29,34)/t22-/m0/s1. The number of aromatic nitrogens is 1. The molecule has 0 unspecified atom stereocenters. The number of hydrogen-bond acceptors (Lipinski definition) is 5. The summed E-state index contributed by atoms with van der Waals surface area (Å²) in [6.45, 7) is 2.54. The van der Waals surface area contributed by atoms with Crippen LogP contribution in [0.25, 0.3) is 10.8 Å². The second-order valence-corrected chi connectivity index (χ2v) is 8.38. The first-order chi connectivity index (χ1) is 16.5. The predicted octanol–water partition coefficient (Wildman–Crippen LogP) is 2.87. The van der Waals surface area contributed by atoms with Crippen molar-refractivity contribution in [2.24, 2.45) is 0 Å². The minimum Gasteiger partial charge on any atom is -0.383 e. The summed E-state index contributed by atoms with van der Waals surface area (Å²) in [5.41, 5.74) is 7.52. The molecular weight excluding hydrogens is 430 g/mol. The number of carbonyl (C=O) groups excluding carboxylic acids is 3. The number of nitrogens with two attached hydrogens (primary N) is 1. The molecule has 1 aliphatic rings. The van der Waals surface area contributed by atoms with Crippen LogP contribution in [0.2, 0.25) is 0 Å². The maximum absolute atomic E-state index is 13.2. The van der Waals surface area contributed by atoms with Crippen LogP contribution in [0.3, 0.4) is 0 Å². The van der Waals surface area contributed by atoms with Gasteiger partial charge in [-0.1, -0.05) is 37.3 Å². The van der Waals surface area contributed by atoms with E-state index in [0.29, 0.717) is 37.4 Å². The van der Waals surface area contributed by atoms with E-state index in [1.165, 1.54) is 4.90 Å². The number of amides is 3. The van der Waals surface area contributed by atoms with Gasteiger partial charge in [0.1, 0.15) is 18.4 Å². The Balaban J connectivity index is 1.41. The zero-order valence-electron chi connectivity index (χ0n) is 19.2. The lowest BCUT2D eigenvalue weighted by molar-refractivity contribution is -0.138. The Morgan fingerprint density at radius 3 is 2.71 bits per heavy atom. The van der Waals surface area contributed by atoms with Crippen molar-refractivity contribution in [3.63, 3.8) is 0 Å². The van der Waals surface area contributed by atoms with Crippen LogP contribution in [0.5, 0.6) is 0 Å². The van der Waals surface area contributed by atoms with Crippen LogP contribution in [0.4, 0.5) is 11.5 Å². The quantitative estimate of drug-likeness (QED) is 0.565. The number of benzene rings is 2. The minimum absolute atomic E-state index is 0.0827. The highest BCUT2D eigenvalue weighted by Gasteiger charge is 2.35. The van der Waals surface area contributed by atoms with Gasteiger partial charge in [0.05, 0.1) is 0 Å². The van der Waals surface area contributed by atoms with Gasteiger partial charge in [-0.25, -0.2) is 4.98 Å². The zero-order valence-corrected chi connectivity index (χ0v) is 19.2. The first-order valence-electron chi connectivity index (χ1n) is 11.5. The van der Waals surface area contributed by atoms with E-state index in [9.17, 15) is 14.4 Å². The fourth-order valence-electron chi connectivity index (χ4n) is 4.35. The normalized spacial score (nSPS) is 15.3. The molecule has 0 saturated carbocycles. The summed E-state index contributed by atoms with van der Waals surface area (Å²) in [6, 6.07) is 16.3. The van der Waals surface area contributed by atoms with Crippen molar-refractivity contribution in [1.29, 1.82) is 0 Å². The van der Waals surface area contributed by atoms with Crippen molar-refractivity contribution in [2.75, 3.05) is 23.7 Å². The van der Waals surface area contributed by atoms with Gasteiger partial charge in [-0.05, 0) is 48.1 Å². The van der Waals surface area contributed by atoms with Gasteiger partial charge in [-0.3, -0.25) is 14.4 Å². The number of anilines is 2. The number of likely N-dealkylation sites (tertiary alicyclic amines) is 1. The number of nitrogens with zero attached hydrogens (tertiary/aromatic N) is 3. The maximum Gasteiger partial charge on any atom is 0.243 e. The van der Waals surface area contributed by atoms with Crippen molar-refractivity contribution in [1.82, 2.24) is 15.2 Å². The largest absolute Gasteiger partial charge is 0.383 e. The summed E-state index contributed by atoms with van der Waals surface area (Å²) >= 11 is 0. The molecule has 3 aromatic rings. The van der Waals surface area contributed by atoms with Gasteiger partial charge in [0.25, 0.3) is 0 Å². The van der Waals surface area contributed by atoms with Crippen LogP contribution < -0.4 is 16.0 Å². The molecule has 8 nitrogen and oxygen atoms in total. The summed E-state index contributed by atoms with van der Waals surface area (Å²) in [5.74, 6) is -0.0727. The molecule has 0 spiro atoms. The summed E-state index contributed by atoms with van der Waals surface area (Å²) in [7, 11) is 0. The molecule has 1 atom stereocenters. The van der Waals surface area contributed by atoms with Crippen LogP contribution in [0.1, 0.15) is 31.7 Å². The van der Waals surface area contributed by atoms with Gasteiger partial charge in [0, 0.05) is 36.8 Å². The molecule has 176 valence electrons. The lowest BCUT2D eigenvalue weighted by Crippen LogP contribution is -2.49. The molecule has 0 bridgehead atoms. The Labute approximate surface area is 198 Å². The van der Waals surface area contributed by atoms with E-state index in [0.717, 1.165) is 22.8 Å². The highest BCUT2D eigenvalue weighted by Crippen LogP contribution is 2.22. The molecule has 8 heteroatoms. The van der Waals surface area contributed by atoms with Gasteiger partial charge in [0.2, 0.25) is 17.7 Å². The number of nitrogens with one attached hydrogen (secondary N) is 1. The van der Waals surface area contributed by atoms with Crippen molar-refractivity contribution >= 4 is 40.0 Å². The molecule has 1 aliphatic heterocycles. The van der Waals surface area contributed by atoms with Crippen LogP contribution in [0, 0.1) is 0 Å². The van der Waals surface area contributed by atoms with Gasteiger partial charge >= 0.3 is 0 Å². The van der Waals surface area contributed by atoms with Gasteiger partial charge in [-0.15, -0.1) is 0 Å². The monoisotopic (exact) mass is 459 g/mol. The van der Waals surface area contributed by atoms with Gasteiger partial charge in [0.15, 0.2) is 0 Å². The van der Waals surface area contributed by atoms with Crippen molar-refractivity contribution < 1.29 is 14.4 Å². The second kappa shape index (κ2) is 10.3. The number of nitrogen functional groups attached to an aromatic ring is 1. The summed E-state index contributed by atoms with van der Waals surface area (Å²) in [5, 5.41) is 4.79. The van der Waals surface area contributed by atoms with Crippen molar-refractivity contribution in [2.45, 2.75) is 38.8 Å². The summed E-state index contributed by atoms with van der Waals surface area (Å²) in [6.07, 6.45) is 3.30. The molecule has 0 aliphatic carbocycles. The van der Waals surface area contributed by atoms with E-state index in [1.807, 2.05) is 54.6 Å². The molecule has 0 radical (unpaired) electrons. The van der Waals surface area contributed by atoms with Crippen LogP contribution >= 0.6 is 0 Å². The lowest BCUT2D eigenvalue weighted by Gasteiger charge is -2.28. The Bertz CT molecular complexity index is 1200. The smallest absolute Gasteiger partial charge is 0.243 e. The van der Waals surface area contributed by atoms with E-state index in [-0.39, 0.29) is 24.3 Å². The molecule has 2 aromatic carbocycles. The summed E-state index contributed by atoms with van der Waals surface area (Å²) in [4.78, 5) is 45.8. The van der Waals surface area contributed by atoms with E-state index < -0.39 is 6.04 Å². The molecule has 34 heavy (non-hydrogen) atoms. The van der Waals surface area contributed by atoms with E-state index in [4.69, 9.17) is 5.73 Å². The molecule has 2 heterocycles. The van der Waals surface area contributed by atoms with Gasteiger partial charge in [-0.2, -0.15) is 0 Å². The highest BCUT2D eigenvalue weighted by atomic mass is 16.2. The van der Waals surface area contributed by atoms with E-state index >= 15 is 0 Å². The molecule has 1 aromatic heterocycles.